The Morgan fingerprint density at radius 1 is 1.08 bits per heavy atom. The third kappa shape index (κ3) is 3.30. The fraction of sp³-hybridized carbons (Fsp3) is 0.100. The van der Waals surface area contributed by atoms with Crippen molar-refractivity contribution in [2.24, 2.45) is 7.05 Å². The van der Waals surface area contributed by atoms with Crippen molar-refractivity contribution in [1.29, 1.82) is 0 Å². The van der Waals surface area contributed by atoms with Gasteiger partial charge in [-0.15, -0.1) is 0 Å². The summed E-state index contributed by atoms with van der Waals surface area (Å²) in [5.74, 6) is -1.41. The summed E-state index contributed by atoms with van der Waals surface area (Å²) in [4.78, 5) is 23.7. The molecule has 3 aromatic rings. The number of carbonyl (C=O) groups is 2. The van der Waals surface area contributed by atoms with Crippen molar-refractivity contribution >= 4 is 34.5 Å². The Bertz CT molecular complexity index is 999. The molecule has 0 unspecified atom stereocenters. The van der Waals surface area contributed by atoms with Crippen molar-refractivity contribution in [3.63, 3.8) is 0 Å². The van der Waals surface area contributed by atoms with Crippen LogP contribution in [0.5, 0.6) is 0 Å². The molecule has 3 rings (SSSR count). The third-order valence-corrected chi connectivity index (χ3v) is 4.12. The predicted molar refractivity (Wildman–Crippen MR) is 98.6 cm³/mol. The van der Waals surface area contributed by atoms with Crippen LogP contribution in [0.1, 0.15) is 23.0 Å². The molecule has 2 N–H and O–H groups in total. The average Bonchev–Trinajstić information content (AvgIpc) is 2.91. The van der Waals surface area contributed by atoms with Crippen molar-refractivity contribution in [2.45, 2.75) is 6.92 Å². The number of hydrogen-bond acceptors (Lipinski definition) is 2. The Morgan fingerprint density at radius 2 is 1.76 bits per heavy atom. The van der Waals surface area contributed by atoms with Gasteiger partial charge < -0.3 is 15.0 Å². The molecule has 1 heterocycles. The van der Waals surface area contributed by atoms with Gasteiger partial charge in [-0.1, -0.05) is 30.3 Å². The van der Waals surface area contributed by atoms with Gasteiger partial charge in [0.25, 0.3) is 5.91 Å². The van der Waals surface area contributed by atoms with Crippen LogP contribution in [0, 0.1) is 0 Å². The molecule has 0 aliphatic carbocycles. The van der Waals surface area contributed by atoms with Crippen molar-refractivity contribution in [1.82, 2.24) is 4.57 Å². The van der Waals surface area contributed by atoms with E-state index in [-0.39, 0.29) is 17.2 Å². The minimum Gasteiger partial charge on any atom is -0.478 e. The normalized spacial score (nSPS) is 11.5. The molecule has 5 nitrogen and oxygen atoms in total. The van der Waals surface area contributed by atoms with Crippen molar-refractivity contribution < 1.29 is 14.7 Å². The first kappa shape index (κ1) is 16.5. The number of nitrogens with one attached hydrogen (secondary N) is 1. The molecule has 0 atom stereocenters. The number of amides is 1. The van der Waals surface area contributed by atoms with Gasteiger partial charge in [-0.25, -0.2) is 4.79 Å². The molecule has 0 aliphatic heterocycles. The van der Waals surface area contributed by atoms with Crippen molar-refractivity contribution in [3.05, 3.63) is 71.4 Å². The summed E-state index contributed by atoms with van der Waals surface area (Å²) in [6, 6.07) is 16.3. The molecule has 0 radical (unpaired) electrons. The zero-order valence-electron chi connectivity index (χ0n) is 14.0. The Kier molecular flexibility index (Phi) is 4.39. The van der Waals surface area contributed by atoms with Crippen LogP contribution in [-0.4, -0.2) is 21.6 Å². The summed E-state index contributed by atoms with van der Waals surface area (Å²) in [5, 5.41) is 13.0. The summed E-state index contributed by atoms with van der Waals surface area (Å²) in [7, 11) is 1.94. The van der Waals surface area contributed by atoms with E-state index < -0.39 is 5.97 Å². The Morgan fingerprint density at radius 3 is 2.48 bits per heavy atom. The molecule has 0 saturated heterocycles. The lowest BCUT2D eigenvalue weighted by molar-refractivity contribution is -0.112. The van der Waals surface area contributed by atoms with E-state index in [2.05, 4.69) is 5.32 Å². The van der Waals surface area contributed by atoms with E-state index in [1.807, 2.05) is 41.9 Å². The second-order valence-electron chi connectivity index (χ2n) is 5.82. The van der Waals surface area contributed by atoms with Crippen LogP contribution in [0.2, 0.25) is 0 Å². The summed E-state index contributed by atoms with van der Waals surface area (Å²) in [6.45, 7) is 1.70. The zero-order chi connectivity index (χ0) is 18.0. The highest BCUT2D eigenvalue weighted by molar-refractivity contribution is 6.09. The monoisotopic (exact) mass is 334 g/mol. The number of carbonyl (C=O) groups excluding carboxylic acids is 1. The first-order chi connectivity index (χ1) is 12.0. The second kappa shape index (κ2) is 6.65. The fourth-order valence-corrected chi connectivity index (χ4v) is 2.74. The molecule has 5 heteroatoms. The molecule has 0 fully saturated rings. The maximum atomic E-state index is 12.4. The number of aryl methyl sites for hydroxylation is 1. The zero-order valence-corrected chi connectivity index (χ0v) is 14.0. The first-order valence-corrected chi connectivity index (χ1v) is 7.84. The van der Waals surface area contributed by atoms with Crippen LogP contribution in [0.4, 0.5) is 5.69 Å². The van der Waals surface area contributed by atoms with Crippen LogP contribution < -0.4 is 5.32 Å². The lowest BCUT2D eigenvalue weighted by Gasteiger charge is -2.08. The molecule has 126 valence electrons. The first-order valence-electron chi connectivity index (χ1n) is 7.84. The standard InChI is InChI=1S/C20H18N2O3/c1-13(11-15-12-14-7-3-6-10-18(14)22(15)2)19(23)21-17-9-5-4-8-16(17)20(24)25/h3-12H,1-2H3,(H,21,23)(H,24,25). The van der Waals surface area contributed by atoms with E-state index in [0.717, 1.165) is 16.6 Å². The SMILES string of the molecule is CC(=Cc1cc2ccccc2n1C)C(=O)Nc1ccccc1C(=O)O. The van der Waals surface area contributed by atoms with E-state index >= 15 is 0 Å². The highest BCUT2D eigenvalue weighted by atomic mass is 16.4. The maximum Gasteiger partial charge on any atom is 0.337 e. The van der Waals surface area contributed by atoms with Gasteiger partial charge in [0, 0.05) is 29.2 Å². The molecular weight excluding hydrogens is 316 g/mol. The van der Waals surface area contributed by atoms with Gasteiger partial charge in [0.1, 0.15) is 0 Å². The van der Waals surface area contributed by atoms with E-state index in [9.17, 15) is 14.7 Å². The smallest absolute Gasteiger partial charge is 0.337 e. The second-order valence-corrected chi connectivity index (χ2v) is 5.82. The summed E-state index contributed by atoms with van der Waals surface area (Å²) >= 11 is 0. The number of aromatic carboxylic acids is 1. The minimum atomic E-state index is -1.08. The summed E-state index contributed by atoms with van der Waals surface area (Å²) in [5.41, 5.74) is 2.82. The highest BCUT2D eigenvalue weighted by Crippen LogP contribution is 2.21. The van der Waals surface area contributed by atoms with Crippen LogP contribution >= 0.6 is 0 Å². The number of rotatable bonds is 4. The molecule has 0 spiro atoms. The number of hydrogen-bond donors (Lipinski definition) is 2. The minimum absolute atomic E-state index is 0.0632. The lowest BCUT2D eigenvalue weighted by Crippen LogP contribution is -2.15. The van der Waals surface area contributed by atoms with Gasteiger partial charge >= 0.3 is 5.97 Å². The lowest BCUT2D eigenvalue weighted by atomic mass is 10.1. The number of benzene rings is 2. The Balaban J connectivity index is 1.88. The molecule has 25 heavy (non-hydrogen) atoms. The molecule has 1 amide bonds. The predicted octanol–water partition coefficient (Wildman–Crippen LogP) is 3.92. The molecule has 0 bridgehead atoms. The quantitative estimate of drug-likeness (QED) is 0.710. The molecule has 2 aromatic carbocycles. The summed E-state index contributed by atoms with van der Waals surface area (Å²) in [6.07, 6.45) is 1.79. The van der Waals surface area contributed by atoms with E-state index in [0.29, 0.717) is 5.57 Å². The number of nitrogens with zero attached hydrogens (tertiary/aromatic N) is 1. The maximum absolute atomic E-state index is 12.4. The highest BCUT2D eigenvalue weighted by Gasteiger charge is 2.13. The third-order valence-electron chi connectivity index (χ3n) is 4.12. The van der Waals surface area contributed by atoms with Crippen LogP contribution in [-0.2, 0) is 11.8 Å². The number of para-hydroxylation sites is 2. The molecule has 0 saturated carbocycles. The van der Waals surface area contributed by atoms with Gasteiger partial charge in [-0.3, -0.25) is 4.79 Å². The van der Waals surface area contributed by atoms with Crippen molar-refractivity contribution in [3.8, 4) is 0 Å². The number of fused-ring (bicyclic) bond motifs is 1. The van der Waals surface area contributed by atoms with Crippen LogP contribution in [0.25, 0.3) is 17.0 Å². The number of aromatic nitrogens is 1. The molecule has 0 aliphatic rings. The van der Waals surface area contributed by atoms with Gasteiger partial charge in [0.15, 0.2) is 0 Å². The van der Waals surface area contributed by atoms with Crippen molar-refractivity contribution in [2.75, 3.05) is 5.32 Å². The average molecular weight is 334 g/mol. The van der Waals surface area contributed by atoms with E-state index in [4.69, 9.17) is 0 Å². The van der Waals surface area contributed by atoms with Gasteiger partial charge in [-0.2, -0.15) is 0 Å². The molecule has 1 aromatic heterocycles. The Hall–Kier alpha value is -3.34. The van der Waals surface area contributed by atoms with Gasteiger partial charge in [-0.05, 0) is 37.3 Å². The van der Waals surface area contributed by atoms with E-state index in [1.165, 1.54) is 6.07 Å². The van der Waals surface area contributed by atoms with Gasteiger partial charge in [0.05, 0.1) is 11.3 Å². The van der Waals surface area contributed by atoms with Gasteiger partial charge in [0.2, 0.25) is 0 Å². The van der Waals surface area contributed by atoms with E-state index in [1.54, 1.807) is 31.2 Å². The molecular formula is C20H18N2O3. The summed E-state index contributed by atoms with van der Waals surface area (Å²) < 4.78 is 2.01. The van der Waals surface area contributed by atoms with Crippen LogP contribution in [0.15, 0.2) is 60.2 Å². The van der Waals surface area contributed by atoms with Crippen LogP contribution in [0.3, 0.4) is 0 Å². The number of carboxylic acids is 1. The topological polar surface area (TPSA) is 71.3 Å². The number of carboxylic acid groups (broad SMARTS) is 1. The number of anilines is 1. The largest absolute Gasteiger partial charge is 0.478 e. The Labute approximate surface area is 145 Å². The fourth-order valence-electron chi connectivity index (χ4n) is 2.74.